The number of rotatable bonds is 3. The highest BCUT2D eigenvalue weighted by atomic mass is 16.5. The number of hydrogen-bond donors (Lipinski definition) is 1. The van der Waals surface area contributed by atoms with Crippen molar-refractivity contribution < 1.29 is 9.53 Å². The van der Waals surface area contributed by atoms with Gasteiger partial charge in [0.2, 0.25) is 0 Å². The van der Waals surface area contributed by atoms with Crippen molar-refractivity contribution in [3.63, 3.8) is 0 Å². The van der Waals surface area contributed by atoms with Crippen LogP contribution in [0.1, 0.15) is 59.3 Å². The summed E-state index contributed by atoms with van der Waals surface area (Å²) in [5.74, 6) is 1.01. The van der Waals surface area contributed by atoms with E-state index in [9.17, 15) is 4.79 Å². The van der Waals surface area contributed by atoms with Crippen LogP contribution in [0.15, 0.2) is 0 Å². The van der Waals surface area contributed by atoms with Gasteiger partial charge in [-0.05, 0) is 38.0 Å². The molecule has 0 radical (unpaired) electrons. The van der Waals surface area contributed by atoms with Crippen LogP contribution in [-0.4, -0.2) is 18.1 Å². The van der Waals surface area contributed by atoms with Crippen molar-refractivity contribution >= 4 is 5.97 Å². The maximum atomic E-state index is 11.7. The molecule has 17 heavy (non-hydrogen) atoms. The minimum Gasteiger partial charge on any atom is -0.461 e. The van der Waals surface area contributed by atoms with Crippen LogP contribution in [0.5, 0.6) is 0 Å². The van der Waals surface area contributed by atoms with Crippen molar-refractivity contribution in [2.24, 2.45) is 17.6 Å². The molecule has 1 saturated heterocycles. The Morgan fingerprint density at radius 3 is 2.65 bits per heavy atom. The van der Waals surface area contributed by atoms with E-state index in [1.165, 1.54) is 6.42 Å². The fourth-order valence-corrected chi connectivity index (χ4v) is 2.42. The first-order chi connectivity index (χ1) is 8.00. The SMILES string of the molecule is CC(C)CC[C@@H]1CCCC[C@H](N)C(=O)O[C@H]1C. The van der Waals surface area contributed by atoms with Gasteiger partial charge in [-0.15, -0.1) is 0 Å². The van der Waals surface area contributed by atoms with Gasteiger partial charge in [-0.2, -0.15) is 0 Å². The third-order valence-corrected chi connectivity index (χ3v) is 3.72. The molecule has 3 atom stereocenters. The van der Waals surface area contributed by atoms with Gasteiger partial charge < -0.3 is 10.5 Å². The highest BCUT2D eigenvalue weighted by Crippen LogP contribution is 2.25. The second kappa shape index (κ2) is 7.00. The predicted octanol–water partition coefficient (Wildman–Crippen LogP) is 2.87. The molecule has 1 aliphatic heterocycles. The Morgan fingerprint density at radius 1 is 1.35 bits per heavy atom. The molecule has 100 valence electrons. The zero-order valence-electron chi connectivity index (χ0n) is 11.4. The summed E-state index contributed by atoms with van der Waals surface area (Å²) in [6, 6.07) is -0.415. The van der Waals surface area contributed by atoms with Crippen LogP contribution >= 0.6 is 0 Å². The van der Waals surface area contributed by atoms with Gasteiger partial charge in [0.15, 0.2) is 0 Å². The first-order valence-electron chi connectivity index (χ1n) is 6.96. The predicted molar refractivity (Wildman–Crippen MR) is 69.6 cm³/mol. The molecule has 3 heteroatoms. The topological polar surface area (TPSA) is 52.3 Å². The molecular formula is C14H27NO2. The van der Waals surface area contributed by atoms with E-state index in [0.29, 0.717) is 11.8 Å². The van der Waals surface area contributed by atoms with E-state index in [1.54, 1.807) is 0 Å². The van der Waals surface area contributed by atoms with Crippen LogP contribution in [0, 0.1) is 11.8 Å². The number of ether oxygens (including phenoxy) is 1. The summed E-state index contributed by atoms with van der Waals surface area (Å²) in [6.07, 6.45) is 6.51. The maximum absolute atomic E-state index is 11.7. The third-order valence-electron chi connectivity index (χ3n) is 3.72. The van der Waals surface area contributed by atoms with E-state index in [-0.39, 0.29) is 12.1 Å². The van der Waals surface area contributed by atoms with Crippen LogP contribution in [0.3, 0.4) is 0 Å². The molecule has 0 amide bonds. The zero-order valence-corrected chi connectivity index (χ0v) is 11.4. The molecule has 0 aromatic rings. The third kappa shape index (κ3) is 5.07. The van der Waals surface area contributed by atoms with Crippen LogP contribution in [0.2, 0.25) is 0 Å². The van der Waals surface area contributed by atoms with E-state index in [4.69, 9.17) is 10.5 Å². The highest BCUT2D eigenvalue weighted by Gasteiger charge is 2.25. The van der Waals surface area contributed by atoms with Gasteiger partial charge in [-0.1, -0.05) is 33.1 Å². The van der Waals surface area contributed by atoms with E-state index in [1.807, 2.05) is 6.92 Å². The molecule has 0 saturated carbocycles. The number of cyclic esters (lactones) is 1. The molecule has 0 aromatic carbocycles. The number of carbonyl (C=O) groups excluding carboxylic acids is 1. The molecule has 3 nitrogen and oxygen atoms in total. The molecule has 0 aliphatic carbocycles. The quantitative estimate of drug-likeness (QED) is 0.773. The number of esters is 1. The van der Waals surface area contributed by atoms with Crippen LogP contribution in [-0.2, 0) is 9.53 Å². The summed E-state index contributed by atoms with van der Waals surface area (Å²) >= 11 is 0. The molecule has 0 bridgehead atoms. The molecule has 1 aliphatic rings. The van der Waals surface area contributed by atoms with E-state index < -0.39 is 6.04 Å². The van der Waals surface area contributed by atoms with Gasteiger partial charge in [-0.3, -0.25) is 4.79 Å². The Morgan fingerprint density at radius 2 is 2.00 bits per heavy atom. The van der Waals surface area contributed by atoms with Crippen molar-refractivity contribution in [2.45, 2.75) is 71.4 Å². The minimum atomic E-state index is -0.415. The lowest BCUT2D eigenvalue weighted by atomic mass is 9.89. The number of carbonyl (C=O) groups is 1. The molecule has 0 unspecified atom stereocenters. The van der Waals surface area contributed by atoms with Gasteiger partial charge >= 0.3 is 5.97 Å². The van der Waals surface area contributed by atoms with Gasteiger partial charge in [-0.25, -0.2) is 0 Å². The molecule has 2 N–H and O–H groups in total. The number of hydrogen-bond acceptors (Lipinski definition) is 3. The van der Waals surface area contributed by atoms with Crippen molar-refractivity contribution in [3.05, 3.63) is 0 Å². The standard InChI is InChI=1S/C14H27NO2/c1-10(2)8-9-12-6-4-5-7-13(15)14(16)17-11(12)3/h10-13H,4-9,15H2,1-3H3/t11-,12-,13-/m0/s1. The van der Waals surface area contributed by atoms with E-state index >= 15 is 0 Å². The first-order valence-corrected chi connectivity index (χ1v) is 6.96. The van der Waals surface area contributed by atoms with Crippen LogP contribution < -0.4 is 5.73 Å². The zero-order chi connectivity index (χ0) is 12.8. The Balaban J connectivity index is 2.53. The van der Waals surface area contributed by atoms with Crippen LogP contribution in [0.4, 0.5) is 0 Å². The van der Waals surface area contributed by atoms with Gasteiger partial charge in [0.05, 0.1) is 0 Å². The lowest BCUT2D eigenvalue weighted by molar-refractivity contribution is -0.152. The smallest absolute Gasteiger partial charge is 0.323 e. The molecule has 0 spiro atoms. The lowest BCUT2D eigenvalue weighted by Crippen LogP contribution is -2.35. The Bertz CT molecular complexity index is 240. The van der Waals surface area contributed by atoms with Gasteiger partial charge in [0.25, 0.3) is 0 Å². The lowest BCUT2D eigenvalue weighted by Gasteiger charge is -2.24. The summed E-state index contributed by atoms with van der Waals surface area (Å²) in [5.41, 5.74) is 5.77. The van der Waals surface area contributed by atoms with Gasteiger partial charge in [0.1, 0.15) is 12.1 Å². The second-order valence-electron chi connectivity index (χ2n) is 5.76. The van der Waals surface area contributed by atoms with Gasteiger partial charge in [0, 0.05) is 0 Å². The van der Waals surface area contributed by atoms with E-state index in [0.717, 1.165) is 32.1 Å². The Kier molecular flexibility index (Phi) is 5.96. The van der Waals surface area contributed by atoms with Crippen LogP contribution in [0.25, 0.3) is 0 Å². The summed E-state index contributed by atoms with van der Waals surface area (Å²) in [5, 5.41) is 0. The number of nitrogens with two attached hydrogens (primary N) is 1. The normalized spacial score (nSPS) is 31.6. The Hall–Kier alpha value is -0.570. The Labute approximate surface area is 105 Å². The molecule has 1 rings (SSSR count). The summed E-state index contributed by atoms with van der Waals surface area (Å²) in [7, 11) is 0. The van der Waals surface area contributed by atoms with E-state index in [2.05, 4.69) is 13.8 Å². The second-order valence-corrected chi connectivity index (χ2v) is 5.76. The minimum absolute atomic E-state index is 0.0189. The first kappa shape index (κ1) is 14.5. The molecule has 0 aromatic heterocycles. The van der Waals surface area contributed by atoms with Crippen molar-refractivity contribution in [3.8, 4) is 0 Å². The highest BCUT2D eigenvalue weighted by molar-refractivity contribution is 5.75. The molecular weight excluding hydrogens is 214 g/mol. The maximum Gasteiger partial charge on any atom is 0.323 e. The fourth-order valence-electron chi connectivity index (χ4n) is 2.42. The average molecular weight is 241 g/mol. The van der Waals surface area contributed by atoms with Crippen molar-refractivity contribution in [1.82, 2.24) is 0 Å². The van der Waals surface area contributed by atoms with Crippen molar-refractivity contribution in [2.75, 3.05) is 0 Å². The average Bonchev–Trinajstić information content (AvgIpc) is 2.30. The summed E-state index contributed by atoms with van der Waals surface area (Å²) in [6.45, 7) is 6.49. The largest absolute Gasteiger partial charge is 0.461 e. The monoisotopic (exact) mass is 241 g/mol. The van der Waals surface area contributed by atoms with Crippen molar-refractivity contribution in [1.29, 1.82) is 0 Å². The molecule has 1 fully saturated rings. The fraction of sp³-hybridized carbons (Fsp3) is 0.929. The molecule has 1 heterocycles. The summed E-state index contributed by atoms with van der Waals surface area (Å²) < 4.78 is 5.46. The summed E-state index contributed by atoms with van der Waals surface area (Å²) in [4.78, 5) is 11.7.